The molecule has 2 rings (SSSR count). The SMILES string of the molecule is COc1ccc(/C=C(/C#N)c2ccc([NH+]([O-])O)cc2)cc1OC. The molecule has 1 atom stereocenters. The lowest BCUT2D eigenvalue weighted by Crippen LogP contribution is -2.99. The van der Waals surface area contributed by atoms with Crippen LogP contribution in [0.5, 0.6) is 11.5 Å². The summed E-state index contributed by atoms with van der Waals surface area (Å²) >= 11 is 0. The average Bonchev–Trinajstić information content (AvgIpc) is 2.59. The molecule has 6 heteroatoms. The topological polar surface area (TPSA) is 90.0 Å². The van der Waals surface area contributed by atoms with E-state index in [0.29, 0.717) is 22.6 Å². The fraction of sp³-hybridized carbons (Fsp3) is 0.118. The third kappa shape index (κ3) is 3.87. The molecule has 1 unspecified atom stereocenters. The largest absolute Gasteiger partial charge is 0.595 e. The predicted octanol–water partition coefficient (Wildman–Crippen LogP) is 2.17. The molecular formula is C17H16N2O4. The van der Waals surface area contributed by atoms with Gasteiger partial charge >= 0.3 is 0 Å². The van der Waals surface area contributed by atoms with E-state index in [1.54, 1.807) is 44.6 Å². The first-order valence-electron chi connectivity index (χ1n) is 6.76. The molecule has 2 aromatic carbocycles. The third-order valence-electron chi connectivity index (χ3n) is 3.28. The summed E-state index contributed by atoms with van der Waals surface area (Å²) in [6, 6.07) is 13.6. The standard InChI is InChI=1S/C17H16N2O4/c1-22-16-8-3-12(10-17(16)23-2)9-14(11-18)13-4-6-15(7-5-13)19(20)21/h3-10,19-20H,1-2H3/b14-9-. The van der Waals surface area contributed by atoms with E-state index in [-0.39, 0.29) is 5.69 Å². The fourth-order valence-corrected chi connectivity index (χ4v) is 2.08. The Morgan fingerprint density at radius 2 is 1.78 bits per heavy atom. The van der Waals surface area contributed by atoms with Crippen LogP contribution in [0.1, 0.15) is 11.1 Å². The molecule has 0 radical (unpaired) electrons. The Morgan fingerprint density at radius 1 is 1.13 bits per heavy atom. The molecule has 0 aromatic heterocycles. The molecule has 23 heavy (non-hydrogen) atoms. The number of nitriles is 1. The Hall–Kier alpha value is -2.85. The summed E-state index contributed by atoms with van der Waals surface area (Å²) in [5, 5.41) is 28.1. The van der Waals surface area contributed by atoms with E-state index in [0.717, 1.165) is 5.56 Å². The molecule has 6 nitrogen and oxygen atoms in total. The number of hydrogen-bond acceptors (Lipinski definition) is 5. The molecule has 0 fully saturated rings. The van der Waals surface area contributed by atoms with Crippen molar-refractivity contribution < 1.29 is 19.9 Å². The zero-order valence-corrected chi connectivity index (χ0v) is 12.7. The maximum Gasteiger partial charge on any atom is 0.163 e. The normalized spacial score (nSPS) is 12.4. The molecule has 0 aliphatic rings. The highest BCUT2D eigenvalue weighted by Gasteiger charge is 2.07. The second-order valence-corrected chi connectivity index (χ2v) is 4.67. The summed E-state index contributed by atoms with van der Waals surface area (Å²) in [6.45, 7) is 0. The van der Waals surface area contributed by atoms with Gasteiger partial charge in [0, 0.05) is 12.1 Å². The maximum atomic E-state index is 10.9. The number of nitrogens with zero attached hydrogens (tertiary/aromatic N) is 1. The Bertz CT molecular complexity index is 746. The van der Waals surface area contributed by atoms with Crippen molar-refractivity contribution in [2.24, 2.45) is 0 Å². The van der Waals surface area contributed by atoms with Gasteiger partial charge in [-0.3, -0.25) is 0 Å². The number of allylic oxidation sites excluding steroid dienone is 1. The summed E-state index contributed by atoms with van der Waals surface area (Å²) in [5.74, 6) is 1.17. The van der Waals surface area contributed by atoms with Gasteiger partial charge in [0.15, 0.2) is 17.2 Å². The molecule has 0 spiro atoms. The molecule has 0 saturated heterocycles. The summed E-state index contributed by atoms with van der Waals surface area (Å²) < 4.78 is 10.4. The Labute approximate surface area is 133 Å². The molecule has 0 aliphatic heterocycles. The van der Waals surface area contributed by atoms with E-state index in [9.17, 15) is 10.5 Å². The van der Waals surface area contributed by atoms with E-state index in [2.05, 4.69) is 6.07 Å². The molecular weight excluding hydrogens is 296 g/mol. The number of nitrogens with one attached hydrogen (secondary N) is 1. The summed E-state index contributed by atoms with van der Waals surface area (Å²) in [6.07, 6.45) is 1.71. The van der Waals surface area contributed by atoms with Crippen LogP contribution in [0.2, 0.25) is 0 Å². The maximum absolute atomic E-state index is 10.9. The number of methoxy groups -OCH3 is 2. The van der Waals surface area contributed by atoms with Crippen LogP contribution < -0.4 is 14.7 Å². The van der Waals surface area contributed by atoms with Crippen LogP contribution in [-0.4, -0.2) is 19.4 Å². The molecule has 2 N–H and O–H groups in total. The van der Waals surface area contributed by atoms with E-state index in [4.69, 9.17) is 14.7 Å². The van der Waals surface area contributed by atoms with Crippen molar-refractivity contribution in [2.45, 2.75) is 0 Å². The number of quaternary nitrogens is 1. The summed E-state index contributed by atoms with van der Waals surface area (Å²) in [5.41, 5.74) is 2.03. The summed E-state index contributed by atoms with van der Waals surface area (Å²) in [4.78, 5) is 0. The zero-order valence-electron chi connectivity index (χ0n) is 12.7. The Balaban J connectivity index is 2.37. The highest BCUT2D eigenvalue weighted by atomic mass is 16.8. The quantitative estimate of drug-likeness (QED) is 0.502. The van der Waals surface area contributed by atoms with Crippen molar-refractivity contribution in [3.8, 4) is 17.6 Å². The van der Waals surface area contributed by atoms with Crippen molar-refractivity contribution in [3.05, 3.63) is 58.8 Å². The highest BCUT2D eigenvalue weighted by Crippen LogP contribution is 2.29. The lowest BCUT2D eigenvalue weighted by molar-refractivity contribution is -0.991. The van der Waals surface area contributed by atoms with Crippen molar-refractivity contribution in [1.29, 1.82) is 5.26 Å². The van der Waals surface area contributed by atoms with Crippen LogP contribution in [0.3, 0.4) is 0 Å². The number of rotatable bonds is 5. The average molecular weight is 312 g/mol. The van der Waals surface area contributed by atoms with Crippen molar-refractivity contribution in [1.82, 2.24) is 0 Å². The van der Waals surface area contributed by atoms with Crippen LogP contribution in [0, 0.1) is 16.5 Å². The first-order chi connectivity index (χ1) is 11.1. The second-order valence-electron chi connectivity index (χ2n) is 4.67. The van der Waals surface area contributed by atoms with Gasteiger partial charge in [-0.05, 0) is 41.5 Å². The van der Waals surface area contributed by atoms with E-state index in [1.807, 2.05) is 6.07 Å². The fourth-order valence-electron chi connectivity index (χ4n) is 2.08. The monoisotopic (exact) mass is 312 g/mol. The van der Waals surface area contributed by atoms with Crippen LogP contribution in [-0.2, 0) is 0 Å². The number of ether oxygens (including phenoxy) is 2. The van der Waals surface area contributed by atoms with Crippen molar-refractivity contribution in [2.75, 3.05) is 14.2 Å². The first kappa shape index (κ1) is 16.5. The number of benzene rings is 2. The molecule has 0 aliphatic carbocycles. The smallest absolute Gasteiger partial charge is 0.163 e. The number of hydrogen-bond donors (Lipinski definition) is 2. The van der Waals surface area contributed by atoms with Gasteiger partial charge in [-0.15, -0.1) is 0 Å². The van der Waals surface area contributed by atoms with Crippen molar-refractivity contribution >= 4 is 17.3 Å². The molecule has 0 heterocycles. The van der Waals surface area contributed by atoms with Gasteiger partial charge < -0.3 is 14.7 Å². The van der Waals surface area contributed by atoms with Gasteiger partial charge in [-0.2, -0.15) is 10.5 Å². The molecule has 118 valence electrons. The van der Waals surface area contributed by atoms with E-state index >= 15 is 0 Å². The minimum Gasteiger partial charge on any atom is -0.595 e. The summed E-state index contributed by atoms with van der Waals surface area (Å²) in [7, 11) is 3.10. The van der Waals surface area contributed by atoms with Crippen LogP contribution >= 0.6 is 0 Å². The Morgan fingerprint density at radius 3 is 2.30 bits per heavy atom. The first-order valence-corrected chi connectivity index (χ1v) is 6.76. The Kier molecular flexibility index (Phi) is 5.33. The predicted molar refractivity (Wildman–Crippen MR) is 85.2 cm³/mol. The second kappa shape index (κ2) is 7.42. The molecule has 0 amide bonds. The lowest BCUT2D eigenvalue weighted by atomic mass is 10.0. The molecule has 2 aromatic rings. The van der Waals surface area contributed by atoms with Gasteiger partial charge in [0.1, 0.15) is 0 Å². The van der Waals surface area contributed by atoms with Crippen LogP contribution in [0.15, 0.2) is 42.5 Å². The highest BCUT2D eigenvalue weighted by molar-refractivity contribution is 5.90. The lowest BCUT2D eigenvalue weighted by Gasteiger charge is -2.11. The van der Waals surface area contributed by atoms with Gasteiger partial charge in [0.25, 0.3) is 0 Å². The van der Waals surface area contributed by atoms with Crippen LogP contribution in [0.4, 0.5) is 5.69 Å². The van der Waals surface area contributed by atoms with E-state index in [1.165, 1.54) is 12.1 Å². The van der Waals surface area contributed by atoms with Gasteiger partial charge in [0.2, 0.25) is 0 Å². The van der Waals surface area contributed by atoms with Gasteiger partial charge in [-0.25, -0.2) is 5.21 Å². The van der Waals surface area contributed by atoms with Gasteiger partial charge in [0.05, 0.1) is 25.9 Å². The molecule has 0 saturated carbocycles. The van der Waals surface area contributed by atoms with Gasteiger partial charge in [-0.1, -0.05) is 6.07 Å². The van der Waals surface area contributed by atoms with Crippen molar-refractivity contribution in [3.63, 3.8) is 0 Å². The third-order valence-corrected chi connectivity index (χ3v) is 3.28. The van der Waals surface area contributed by atoms with Crippen LogP contribution in [0.25, 0.3) is 11.6 Å². The molecule has 0 bridgehead atoms. The van der Waals surface area contributed by atoms with E-state index < -0.39 is 5.23 Å². The minimum atomic E-state index is -1.00. The zero-order chi connectivity index (χ0) is 16.8. The minimum absolute atomic E-state index is 0.178.